The number of aliphatic imine (C=N–C) groups is 1. The fourth-order valence-electron chi connectivity index (χ4n) is 1.88. The van der Waals surface area contributed by atoms with Crippen LogP contribution in [0.2, 0.25) is 0 Å². The highest BCUT2D eigenvalue weighted by Gasteiger charge is 2.07. The third-order valence-corrected chi connectivity index (χ3v) is 2.95. The van der Waals surface area contributed by atoms with Crippen LogP contribution in [0.4, 0.5) is 0 Å². The third kappa shape index (κ3) is 5.70. The molecule has 0 aliphatic rings. The molecule has 0 bridgehead atoms. The van der Waals surface area contributed by atoms with Crippen molar-refractivity contribution in [1.82, 2.24) is 25.8 Å². The highest BCUT2D eigenvalue weighted by Crippen LogP contribution is 2.18. The Morgan fingerprint density at radius 1 is 1.30 bits per heavy atom. The summed E-state index contributed by atoms with van der Waals surface area (Å²) in [5, 5.41) is 13.6. The molecule has 3 N–H and O–H groups in total. The Hall–Kier alpha value is -1.84. The SMILES string of the molecule is CN=C(NCc1nc(-c2ccc(OC)cc2)n[nH]1)NC(C)C.I. The van der Waals surface area contributed by atoms with Gasteiger partial charge in [-0.15, -0.1) is 24.0 Å². The van der Waals surface area contributed by atoms with Gasteiger partial charge in [-0.2, -0.15) is 5.10 Å². The van der Waals surface area contributed by atoms with E-state index in [1.807, 2.05) is 24.3 Å². The first-order valence-corrected chi connectivity index (χ1v) is 7.15. The van der Waals surface area contributed by atoms with Crippen LogP contribution in [0.15, 0.2) is 29.3 Å². The summed E-state index contributed by atoms with van der Waals surface area (Å²) in [5.74, 6) is 2.95. The van der Waals surface area contributed by atoms with E-state index in [1.54, 1.807) is 14.2 Å². The lowest BCUT2D eigenvalue weighted by atomic mass is 10.2. The van der Waals surface area contributed by atoms with Crippen molar-refractivity contribution in [3.05, 3.63) is 30.1 Å². The molecule has 8 heteroatoms. The minimum Gasteiger partial charge on any atom is -0.497 e. The van der Waals surface area contributed by atoms with E-state index in [1.165, 1.54) is 0 Å². The summed E-state index contributed by atoms with van der Waals surface area (Å²) in [6.07, 6.45) is 0. The number of nitrogens with zero attached hydrogens (tertiary/aromatic N) is 3. The molecule has 1 aromatic heterocycles. The maximum absolute atomic E-state index is 5.14. The van der Waals surface area contributed by atoms with Gasteiger partial charge in [-0.05, 0) is 38.1 Å². The zero-order valence-corrected chi connectivity index (χ0v) is 16.1. The minimum atomic E-state index is 0. The Morgan fingerprint density at radius 2 is 2.00 bits per heavy atom. The average molecular weight is 430 g/mol. The number of benzene rings is 1. The average Bonchev–Trinajstić information content (AvgIpc) is 3.00. The maximum Gasteiger partial charge on any atom is 0.191 e. The van der Waals surface area contributed by atoms with E-state index in [4.69, 9.17) is 4.74 Å². The first-order chi connectivity index (χ1) is 10.6. The van der Waals surface area contributed by atoms with Gasteiger partial charge in [-0.3, -0.25) is 10.1 Å². The topological polar surface area (TPSA) is 87.2 Å². The zero-order valence-electron chi connectivity index (χ0n) is 13.8. The Labute approximate surface area is 153 Å². The second kappa shape index (κ2) is 9.33. The van der Waals surface area contributed by atoms with Crippen molar-refractivity contribution in [3.8, 4) is 17.1 Å². The molecule has 0 saturated heterocycles. The zero-order chi connectivity index (χ0) is 15.9. The van der Waals surface area contributed by atoms with Crippen LogP contribution in [0.25, 0.3) is 11.4 Å². The number of methoxy groups -OCH3 is 1. The predicted molar refractivity (Wildman–Crippen MR) is 102 cm³/mol. The van der Waals surface area contributed by atoms with Crippen molar-refractivity contribution in [3.63, 3.8) is 0 Å². The quantitative estimate of drug-likeness (QED) is 0.385. The van der Waals surface area contributed by atoms with Gasteiger partial charge in [0, 0.05) is 18.7 Å². The van der Waals surface area contributed by atoms with Crippen LogP contribution >= 0.6 is 24.0 Å². The Morgan fingerprint density at radius 3 is 2.57 bits per heavy atom. The van der Waals surface area contributed by atoms with E-state index in [0.29, 0.717) is 18.4 Å². The molecule has 0 aliphatic carbocycles. The van der Waals surface area contributed by atoms with Crippen molar-refractivity contribution in [2.24, 2.45) is 4.99 Å². The first kappa shape index (κ1) is 19.2. The number of hydrogen-bond acceptors (Lipinski definition) is 4. The highest BCUT2D eigenvalue weighted by atomic mass is 127. The largest absolute Gasteiger partial charge is 0.497 e. The lowest BCUT2D eigenvalue weighted by Gasteiger charge is -2.13. The van der Waals surface area contributed by atoms with Crippen LogP contribution in [0, 0.1) is 0 Å². The smallest absolute Gasteiger partial charge is 0.191 e. The summed E-state index contributed by atoms with van der Waals surface area (Å²) in [7, 11) is 3.38. The van der Waals surface area contributed by atoms with Gasteiger partial charge in [0.15, 0.2) is 11.8 Å². The molecule has 1 heterocycles. The van der Waals surface area contributed by atoms with E-state index in [-0.39, 0.29) is 24.0 Å². The second-order valence-corrected chi connectivity index (χ2v) is 5.06. The lowest BCUT2D eigenvalue weighted by Crippen LogP contribution is -2.40. The molecule has 0 fully saturated rings. The molecule has 0 atom stereocenters. The van der Waals surface area contributed by atoms with E-state index >= 15 is 0 Å². The summed E-state index contributed by atoms with van der Waals surface area (Å²) < 4.78 is 5.14. The first-order valence-electron chi connectivity index (χ1n) is 7.15. The molecule has 1 aromatic carbocycles. The van der Waals surface area contributed by atoms with Crippen molar-refractivity contribution in [2.45, 2.75) is 26.4 Å². The summed E-state index contributed by atoms with van der Waals surface area (Å²) in [4.78, 5) is 8.61. The van der Waals surface area contributed by atoms with Gasteiger partial charge >= 0.3 is 0 Å². The highest BCUT2D eigenvalue weighted by molar-refractivity contribution is 14.0. The van der Waals surface area contributed by atoms with E-state index < -0.39 is 0 Å². The summed E-state index contributed by atoms with van der Waals surface area (Å²) in [5.41, 5.74) is 0.938. The number of guanidine groups is 1. The summed E-state index contributed by atoms with van der Waals surface area (Å²) in [6.45, 7) is 4.64. The van der Waals surface area contributed by atoms with Crippen molar-refractivity contribution in [2.75, 3.05) is 14.2 Å². The molecular formula is C15H23IN6O. The van der Waals surface area contributed by atoms with Crippen LogP contribution in [-0.2, 0) is 6.54 Å². The van der Waals surface area contributed by atoms with Gasteiger partial charge in [-0.25, -0.2) is 4.98 Å². The molecule has 2 rings (SSSR count). The van der Waals surface area contributed by atoms with Gasteiger partial charge in [-0.1, -0.05) is 0 Å². The van der Waals surface area contributed by atoms with Gasteiger partial charge in [0.2, 0.25) is 0 Å². The molecule has 126 valence electrons. The summed E-state index contributed by atoms with van der Waals surface area (Å²) >= 11 is 0. The molecule has 2 aromatic rings. The third-order valence-electron chi connectivity index (χ3n) is 2.95. The van der Waals surface area contributed by atoms with Crippen LogP contribution in [-0.4, -0.2) is 41.3 Å². The standard InChI is InChI=1S/C15H22N6O.HI/c1-10(2)18-15(16-3)17-9-13-19-14(21-20-13)11-5-7-12(22-4)8-6-11;/h5-8,10H,9H2,1-4H3,(H2,16,17,18)(H,19,20,21);1H. The van der Waals surface area contributed by atoms with Crippen molar-refractivity contribution >= 4 is 29.9 Å². The number of H-pyrrole nitrogens is 1. The number of aromatic nitrogens is 3. The number of aromatic amines is 1. The number of nitrogens with one attached hydrogen (secondary N) is 3. The number of hydrogen-bond donors (Lipinski definition) is 3. The molecule has 23 heavy (non-hydrogen) atoms. The van der Waals surface area contributed by atoms with E-state index in [2.05, 4.69) is 44.7 Å². The Kier molecular flexibility index (Phi) is 7.79. The number of ether oxygens (including phenoxy) is 1. The van der Waals surface area contributed by atoms with Crippen LogP contribution < -0.4 is 15.4 Å². The normalized spacial score (nSPS) is 11.1. The Balaban J connectivity index is 0.00000264. The monoisotopic (exact) mass is 430 g/mol. The van der Waals surface area contributed by atoms with E-state index in [9.17, 15) is 0 Å². The maximum atomic E-state index is 5.14. The minimum absolute atomic E-state index is 0. The van der Waals surface area contributed by atoms with Gasteiger partial charge in [0.1, 0.15) is 11.6 Å². The van der Waals surface area contributed by atoms with Gasteiger partial charge in [0.05, 0.1) is 13.7 Å². The fraction of sp³-hybridized carbons (Fsp3) is 0.400. The van der Waals surface area contributed by atoms with Crippen molar-refractivity contribution in [1.29, 1.82) is 0 Å². The van der Waals surface area contributed by atoms with Crippen LogP contribution in [0.1, 0.15) is 19.7 Å². The molecule has 0 saturated carbocycles. The van der Waals surface area contributed by atoms with Gasteiger partial charge < -0.3 is 15.4 Å². The molecule has 0 radical (unpaired) electrons. The number of rotatable bonds is 5. The summed E-state index contributed by atoms with van der Waals surface area (Å²) in [6, 6.07) is 7.95. The molecule has 0 amide bonds. The lowest BCUT2D eigenvalue weighted by molar-refractivity contribution is 0.415. The molecule has 0 spiro atoms. The molecule has 0 unspecified atom stereocenters. The van der Waals surface area contributed by atoms with Crippen LogP contribution in [0.3, 0.4) is 0 Å². The van der Waals surface area contributed by atoms with E-state index in [0.717, 1.165) is 23.1 Å². The second-order valence-electron chi connectivity index (χ2n) is 5.06. The number of halogens is 1. The van der Waals surface area contributed by atoms with Crippen molar-refractivity contribution < 1.29 is 4.74 Å². The molecule has 7 nitrogen and oxygen atoms in total. The van der Waals surface area contributed by atoms with Crippen LogP contribution in [0.5, 0.6) is 5.75 Å². The fourth-order valence-corrected chi connectivity index (χ4v) is 1.88. The molecule has 0 aliphatic heterocycles. The Bertz CT molecular complexity index is 623. The predicted octanol–water partition coefficient (Wildman–Crippen LogP) is 2.17. The molecular weight excluding hydrogens is 407 g/mol. The van der Waals surface area contributed by atoms with Gasteiger partial charge in [0.25, 0.3) is 0 Å².